The molecule has 0 amide bonds. The van der Waals surface area contributed by atoms with Crippen LogP contribution in [0.1, 0.15) is 23.6 Å². The van der Waals surface area contributed by atoms with Crippen LogP contribution in [0, 0.1) is 11.3 Å². The van der Waals surface area contributed by atoms with E-state index in [9.17, 15) is 8.42 Å². The maximum Gasteiger partial charge on any atom is 0.261 e. The molecule has 0 aliphatic carbocycles. The molecule has 0 fully saturated rings. The van der Waals surface area contributed by atoms with Crippen LogP contribution >= 0.6 is 26.6 Å². The van der Waals surface area contributed by atoms with Crippen LogP contribution in [0.3, 0.4) is 0 Å². The van der Waals surface area contributed by atoms with Crippen LogP contribution in [0.25, 0.3) is 0 Å². The third-order valence-electron chi connectivity index (χ3n) is 2.19. The number of hydrogen-bond acceptors (Lipinski definition) is 3. The second kappa shape index (κ2) is 5.17. The Hall–Kier alpha value is -0.570. The second-order valence-corrected chi connectivity index (χ2v) is 6.25. The van der Waals surface area contributed by atoms with Gasteiger partial charge in [-0.1, -0.05) is 22.9 Å². The van der Waals surface area contributed by atoms with E-state index in [1.807, 2.05) is 13.0 Å². The van der Waals surface area contributed by atoms with Crippen LogP contribution in [-0.2, 0) is 20.8 Å². The van der Waals surface area contributed by atoms with Gasteiger partial charge in [-0.25, -0.2) is 8.42 Å². The second-order valence-electron chi connectivity index (χ2n) is 3.15. The first kappa shape index (κ1) is 13.5. The summed E-state index contributed by atoms with van der Waals surface area (Å²) in [6.07, 6.45) is 0.512. The zero-order chi connectivity index (χ0) is 12.3. The summed E-state index contributed by atoms with van der Waals surface area (Å²) in [5.74, 6) is 0. The molecule has 0 bridgehead atoms. The molecule has 1 aromatic carbocycles. The van der Waals surface area contributed by atoms with Gasteiger partial charge in [0.1, 0.15) is 0 Å². The molecule has 6 heteroatoms. The predicted molar refractivity (Wildman–Crippen MR) is 66.2 cm³/mol. The average molecular weight is 323 g/mol. The molecule has 0 spiro atoms. The molecule has 0 saturated heterocycles. The van der Waals surface area contributed by atoms with Crippen molar-refractivity contribution in [2.75, 3.05) is 0 Å². The molecule has 0 radical (unpaired) electrons. The summed E-state index contributed by atoms with van der Waals surface area (Å²) < 4.78 is 22.7. The Morgan fingerprint density at radius 3 is 2.44 bits per heavy atom. The van der Waals surface area contributed by atoms with Crippen molar-refractivity contribution in [3.8, 4) is 6.07 Å². The smallest absolute Gasteiger partial charge is 0.207 e. The number of nitrogens with zero attached hydrogens (tertiary/aromatic N) is 1. The highest BCUT2D eigenvalue weighted by molar-refractivity contribution is 9.08. The standard InChI is InChI=1S/C10H9BrClNO2S/c1-2-7-3-9(6-13)8(5-11)4-10(7)16(12,14)15/h3-4H,2,5H2,1H3. The first-order valence-corrected chi connectivity index (χ1v) is 7.93. The number of alkyl halides is 1. The minimum atomic E-state index is -3.76. The van der Waals surface area contributed by atoms with Crippen molar-refractivity contribution in [2.24, 2.45) is 0 Å². The quantitative estimate of drug-likeness (QED) is 0.635. The highest BCUT2D eigenvalue weighted by Crippen LogP contribution is 2.25. The number of nitriles is 1. The van der Waals surface area contributed by atoms with E-state index in [-0.39, 0.29) is 4.90 Å². The Labute approximate surface area is 108 Å². The molecule has 0 heterocycles. The highest BCUT2D eigenvalue weighted by atomic mass is 79.9. The molecular weight excluding hydrogens is 314 g/mol. The Kier molecular flexibility index (Phi) is 4.36. The van der Waals surface area contributed by atoms with E-state index >= 15 is 0 Å². The van der Waals surface area contributed by atoms with Crippen LogP contribution in [0.5, 0.6) is 0 Å². The fourth-order valence-corrected chi connectivity index (χ4v) is 3.08. The number of benzene rings is 1. The molecule has 3 nitrogen and oxygen atoms in total. The molecule has 0 aromatic heterocycles. The zero-order valence-corrected chi connectivity index (χ0v) is 11.7. The molecule has 0 aliphatic rings. The Morgan fingerprint density at radius 1 is 1.44 bits per heavy atom. The zero-order valence-electron chi connectivity index (χ0n) is 8.50. The van der Waals surface area contributed by atoms with E-state index in [1.165, 1.54) is 6.07 Å². The van der Waals surface area contributed by atoms with Crippen LogP contribution in [-0.4, -0.2) is 8.42 Å². The van der Waals surface area contributed by atoms with Crippen molar-refractivity contribution in [1.29, 1.82) is 5.26 Å². The molecular formula is C10H9BrClNO2S. The van der Waals surface area contributed by atoms with E-state index in [0.29, 0.717) is 28.4 Å². The lowest BCUT2D eigenvalue weighted by atomic mass is 10.0. The SMILES string of the molecule is CCc1cc(C#N)c(CBr)cc1S(=O)(=O)Cl. The van der Waals surface area contributed by atoms with Crippen LogP contribution in [0.4, 0.5) is 0 Å². The fraction of sp³-hybridized carbons (Fsp3) is 0.300. The molecule has 0 saturated carbocycles. The number of aryl methyl sites for hydroxylation is 1. The summed E-state index contributed by atoms with van der Waals surface area (Å²) in [5, 5.41) is 9.33. The van der Waals surface area contributed by atoms with Crippen LogP contribution < -0.4 is 0 Å². The predicted octanol–water partition coefficient (Wildman–Crippen LogP) is 2.94. The maximum absolute atomic E-state index is 11.3. The van der Waals surface area contributed by atoms with Gasteiger partial charge in [-0.05, 0) is 29.7 Å². The van der Waals surface area contributed by atoms with E-state index < -0.39 is 9.05 Å². The van der Waals surface area contributed by atoms with Crippen molar-refractivity contribution < 1.29 is 8.42 Å². The number of rotatable bonds is 3. The largest absolute Gasteiger partial charge is 0.261 e. The summed E-state index contributed by atoms with van der Waals surface area (Å²) >= 11 is 3.21. The van der Waals surface area contributed by atoms with Crippen molar-refractivity contribution in [2.45, 2.75) is 23.6 Å². The number of halogens is 2. The summed E-state index contributed by atoms with van der Waals surface area (Å²) in [6.45, 7) is 1.82. The Bertz CT molecular complexity index is 549. The van der Waals surface area contributed by atoms with Gasteiger partial charge < -0.3 is 0 Å². The highest BCUT2D eigenvalue weighted by Gasteiger charge is 2.17. The van der Waals surface area contributed by atoms with Gasteiger partial charge in [0.25, 0.3) is 9.05 Å². The van der Waals surface area contributed by atoms with Gasteiger partial charge in [-0.15, -0.1) is 0 Å². The molecule has 0 N–H and O–H groups in total. The van der Waals surface area contributed by atoms with Crippen molar-refractivity contribution in [1.82, 2.24) is 0 Å². The molecule has 86 valence electrons. The molecule has 0 atom stereocenters. The molecule has 0 aliphatic heterocycles. The normalized spacial score (nSPS) is 11.1. The van der Waals surface area contributed by atoms with Crippen LogP contribution in [0.15, 0.2) is 17.0 Å². The molecule has 16 heavy (non-hydrogen) atoms. The van der Waals surface area contributed by atoms with Crippen LogP contribution in [0.2, 0.25) is 0 Å². The Morgan fingerprint density at radius 2 is 2.06 bits per heavy atom. The molecule has 1 aromatic rings. The van der Waals surface area contributed by atoms with Crippen molar-refractivity contribution >= 4 is 35.7 Å². The lowest BCUT2D eigenvalue weighted by molar-refractivity contribution is 0.608. The fourth-order valence-electron chi connectivity index (χ4n) is 1.38. The van der Waals surface area contributed by atoms with Gasteiger partial charge in [-0.2, -0.15) is 5.26 Å². The average Bonchev–Trinajstić information content (AvgIpc) is 2.25. The lowest BCUT2D eigenvalue weighted by Crippen LogP contribution is -2.01. The summed E-state index contributed by atoms with van der Waals surface area (Å²) in [6, 6.07) is 5.06. The minimum absolute atomic E-state index is 0.0881. The van der Waals surface area contributed by atoms with E-state index in [4.69, 9.17) is 15.9 Å². The minimum Gasteiger partial charge on any atom is -0.207 e. The van der Waals surface area contributed by atoms with Crippen molar-refractivity contribution in [3.63, 3.8) is 0 Å². The lowest BCUT2D eigenvalue weighted by Gasteiger charge is -2.08. The summed E-state index contributed by atoms with van der Waals surface area (Å²) in [7, 11) is 1.58. The topological polar surface area (TPSA) is 57.9 Å². The van der Waals surface area contributed by atoms with Gasteiger partial charge in [0, 0.05) is 16.0 Å². The first-order chi connectivity index (χ1) is 7.43. The Balaban J connectivity index is 3.58. The van der Waals surface area contributed by atoms with E-state index in [1.54, 1.807) is 6.07 Å². The maximum atomic E-state index is 11.3. The molecule has 1 rings (SSSR count). The van der Waals surface area contributed by atoms with Gasteiger partial charge in [-0.3, -0.25) is 0 Å². The molecule has 0 unspecified atom stereocenters. The van der Waals surface area contributed by atoms with Gasteiger partial charge in [0.15, 0.2) is 0 Å². The first-order valence-electron chi connectivity index (χ1n) is 4.50. The van der Waals surface area contributed by atoms with E-state index in [2.05, 4.69) is 15.9 Å². The number of hydrogen-bond donors (Lipinski definition) is 0. The summed E-state index contributed by atoms with van der Waals surface area (Å²) in [5.41, 5.74) is 1.66. The third kappa shape index (κ3) is 2.76. The van der Waals surface area contributed by atoms with Crippen molar-refractivity contribution in [3.05, 3.63) is 28.8 Å². The summed E-state index contributed by atoms with van der Waals surface area (Å²) in [4.78, 5) is 0.0881. The monoisotopic (exact) mass is 321 g/mol. The van der Waals surface area contributed by atoms with Gasteiger partial charge >= 0.3 is 0 Å². The third-order valence-corrected chi connectivity index (χ3v) is 4.20. The van der Waals surface area contributed by atoms with E-state index in [0.717, 1.165) is 0 Å². The van der Waals surface area contributed by atoms with Gasteiger partial charge in [0.05, 0.1) is 16.5 Å². The van der Waals surface area contributed by atoms with Gasteiger partial charge in [0.2, 0.25) is 0 Å².